The van der Waals surface area contributed by atoms with Crippen LogP contribution in [0, 0.1) is 11.6 Å². The fourth-order valence-corrected chi connectivity index (χ4v) is 2.36. The lowest BCUT2D eigenvalue weighted by molar-refractivity contribution is 0.435. The van der Waals surface area contributed by atoms with Gasteiger partial charge in [-0.2, -0.15) is 0 Å². The van der Waals surface area contributed by atoms with Gasteiger partial charge >= 0.3 is 0 Å². The van der Waals surface area contributed by atoms with Crippen molar-refractivity contribution < 1.29 is 13.2 Å². The normalized spacial score (nSPS) is 12.7. The molecule has 0 fully saturated rings. The molecule has 0 amide bonds. The van der Waals surface area contributed by atoms with E-state index in [4.69, 9.17) is 16.0 Å². The van der Waals surface area contributed by atoms with E-state index in [1.54, 1.807) is 12.1 Å². The van der Waals surface area contributed by atoms with Gasteiger partial charge in [0.15, 0.2) is 5.22 Å². The molecule has 0 spiro atoms. The lowest BCUT2D eigenvalue weighted by atomic mass is 10.0. The maximum absolute atomic E-state index is 14.1. The fraction of sp³-hybridized carbons (Fsp3) is 0.286. The van der Waals surface area contributed by atoms with Gasteiger partial charge in [-0.3, -0.25) is 0 Å². The number of halogens is 4. The quantitative estimate of drug-likeness (QED) is 0.750. The van der Waals surface area contributed by atoms with Gasteiger partial charge in [-0.1, -0.05) is 6.92 Å². The molecular formula is C14H13BrClF2NO. The Labute approximate surface area is 129 Å². The zero-order chi connectivity index (χ0) is 14.7. The highest BCUT2D eigenvalue weighted by Crippen LogP contribution is 2.30. The van der Waals surface area contributed by atoms with Gasteiger partial charge in [0.2, 0.25) is 0 Å². The van der Waals surface area contributed by atoms with Crippen molar-refractivity contribution in [3.63, 3.8) is 0 Å². The van der Waals surface area contributed by atoms with Crippen LogP contribution < -0.4 is 5.32 Å². The van der Waals surface area contributed by atoms with E-state index in [0.717, 1.165) is 18.6 Å². The van der Waals surface area contributed by atoms with Crippen LogP contribution >= 0.6 is 27.5 Å². The molecule has 0 radical (unpaired) electrons. The van der Waals surface area contributed by atoms with Crippen molar-refractivity contribution in [2.75, 3.05) is 6.54 Å². The van der Waals surface area contributed by atoms with E-state index in [1.807, 2.05) is 6.92 Å². The van der Waals surface area contributed by atoms with E-state index in [9.17, 15) is 8.78 Å². The van der Waals surface area contributed by atoms with Crippen LogP contribution in [0.2, 0.25) is 5.22 Å². The molecule has 20 heavy (non-hydrogen) atoms. The van der Waals surface area contributed by atoms with E-state index in [-0.39, 0.29) is 15.3 Å². The first kappa shape index (κ1) is 15.5. The van der Waals surface area contributed by atoms with Crippen molar-refractivity contribution in [2.45, 2.75) is 19.4 Å². The van der Waals surface area contributed by atoms with Crippen molar-refractivity contribution >= 4 is 27.5 Å². The maximum atomic E-state index is 14.1. The largest absolute Gasteiger partial charge is 0.448 e. The Morgan fingerprint density at radius 2 is 2.05 bits per heavy atom. The lowest BCUT2D eigenvalue weighted by Crippen LogP contribution is -2.24. The Morgan fingerprint density at radius 3 is 2.65 bits per heavy atom. The lowest BCUT2D eigenvalue weighted by Gasteiger charge is -2.18. The van der Waals surface area contributed by atoms with Crippen LogP contribution in [-0.2, 0) is 0 Å². The van der Waals surface area contributed by atoms with E-state index in [1.165, 1.54) is 0 Å². The van der Waals surface area contributed by atoms with Crippen LogP contribution in [-0.4, -0.2) is 6.54 Å². The number of benzene rings is 1. The SMILES string of the molecule is CCCNC(c1ccc(Cl)o1)c1cc(F)c(Br)cc1F. The molecule has 1 N–H and O–H groups in total. The van der Waals surface area contributed by atoms with Crippen LogP contribution in [0.1, 0.15) is 30.7 Å². The Balaban J connectivity index is 2.43. The maximum Gasteiger partial charge on any atom is 0.193 e. The monoisotopic (exact) mass is 363 g/mol. The number of furan rings is 1. The molecular weight excluding hydrogens is 352 g/mol. The summed E-state index contributed by atoms with van der Waals surface area (Å²) in [5.74, 6) is -0.592. The Hall–Kier alpha value is -0.910. The van der Waals surface area contributed by atoms with Gasteiger partial charge in [0.1, 0.15) is 17.4 Å². The molecule has 2 nitrogen and oxygen atoms in total. The minimum atomic E-state index is -0.579. The topological polar surface area (TPSA) is 25.2 Å². The Kier molecular flexibility index (Phi) is 5.18. The highest BCUT2D eigenvalue weighted by molar-refractivity contribution is 9.10. The summed E-state index contributed by atoms with van der Waals surface area (Å²) in [6.45, 7) is 2.62. The van der Waals surface area contributed by atoms with Gasteiger partial charge in [0.05, 0.1) is 10.5 Å². The number of hydrogen-bond donors (Lipinski definition) is 1. The summed E-state index contributed by atoms with van der Waals surface area (Å²) in [5.41, 5.74) is 0.185. The van der Waals surface area contributed by atoms with Gasteiger partial charge in [0, 0.05) is 5.56 Å². The van der Waals surface area contributed by atoms with Crippen LogP contribution in [0.4, 0.5) is 8.78 Å². The third-order valence-electron chi connectivity index (χ3n) is 2.83. The molecule has 0 saturated heterocycles. The summed E-state index contributed by atoms with van der Waals surface area (Å²) >= 11 is 8.71. The van der Waals surface area contributed by atoms with Crippen molar-refractivity contribution in [1.29, 1.82) is 0 Å². The number of nitrogens with one attached hydrogen (secondary N) is 1. The molecule has 6 heteroatoms. The molecule has 0 aliphatic carbocycles. The second-order valence-electron chi connectivity index (χ2n) is 4.32. The molecule has 1 heterocycles. The summed E-state index contributed by atoms with van der Waals surface area (Å²) in [4.78, 5) is 0. The van der Waals surface area contributed by atoms with E-state index in [2.05, 4.69) is 21.2 Å². The third-order valence-corrected chi connectivity index (χ3v) is 3.64. The molecule has 0 saturated carbocycles. The Bertz CT molecular complexity index is 603. The number of rotatable bonds is 5. The predicted molar refractivity (Wildman–Crippen MR) is 77.9 cm³/mol. The summed E-state index contributed by atoms with van der Waals surface area (Å²) < 4.78 is 33.2. The van der Waals surface area contributed by atoms with Crippen molar-refractivity contribution in [3.8, 4) is 0 Å². The van der Waals surface area contributed by atoms with E-state index < -0.39 is 17.7 Å². The average molecular weight is 365 g/mol. The van der Waals surface area contributed by atoms with Gasteiger partial charge in [0.25, 0.3) is 0 Å². The fourth-order valence-electron chi connectivity index (χ4n) is 1.90. The van der Waals surface area contributed by atoms with Crippen molar-refractivity contribution in [1.82, 2.24) is 5.32 Å². The zero-order valence-corrected chi connectivity index (χ0v) is 13.1. The highest BCUT2D eigenvalue weighted by Gasteiger charge is 2.22. The molecule has 1 aromatic heterocycles. The van der Waals surface area contributed by atoms with Crippen LogP contribution in [0.5, 0.6) is 0 Å². The van der Waals surface area contributed by atoms with E-state index >= 15 is 0 Å². The molecule has 2 rings (SSSR count). The first-order chi connectivity index (χ1) is 9.52. The van der Waals surface area contributed by atoms with Crippen LogP contribution in [0.25, 0.3) is 0 Å². The first-order valence-corrected chi connectivity index (χ1v) is 7.33. The Morgan fingerprint density at radius 1 is 1.30 bits per heavy atom. The van der Waals surface area contributed by atoms with Crippen LogP contribution in [0.15, 0.2) is 33.2 Å². The summed E-state index contributed by atoms with van der Waals surface area (Å²) in [5, 5.41) is 3.34. The molecule has 0 bridgehead atoms. The molecule has 1 unspecified atom stereocenters. The van der Waals surface area contributed by atoms with Crippen LogP contribution in [0.3, 0.4) is 0 Å². The van der Waals surface area contributed by atoms with Gasteiger partial charge in [-0.05, 0) is 64.8 Å². The minimum Gasteiger partial charge on any atom is -0.448 e. The molecule has 0 aliphatic heterocycles. The van der Waals surface area contributed by atoms with Gasteiger partial charge in [-0.25, -0.2) is 8.78 Å². The summed E-state index contributed by atoms with van der Waals surface area (Å²) in [6.07, 6.45) is 0.853. The minimum absolute atomic E-state index is 0.0884. The van der Waals surface area contributed by atoms with Crippen molar-refractivity contribution in [3.05, 3.63) is 56.9 Å². The standard InChI is InChI=1S/C14H13BrClF2NO/c1-2-5-19-14(12-3-4-13(16)20-12)8-6-11(18)9(15)7-10(8)17/h3-4,6-7,14,19H,2,5H2,1H3. The second kappa shape index (κ2) is 6.70. The smallest absolute Gasteiger partial charge is 0.193 e. The zero-order valence-electron chi connectivity index (χ0n) is 10.7. The molecule has 108 valence electrons. The number of hydrogen-bond acceptors (Lipinski definition) is 2. The molecule has 0 aliphatic rings. The summed E-state index contributed by atoms with van der Waals surface area (Å²) in [7, 11) is 0. The van der Waals surface area contributed by atoms with E-state index in [0.29, 0.717) is 12.3 Å². The molecule has 2 aromatic rings. The molecule has 1 atom stereocenters. The third kappa shape index (κ3) is 3.40. The average Bonchev–Trinajstić information content (AvgIpc) is 2.82. The van der Waals surface area contributed by atoms with Gasteiger partial charge < -0.3 is 9.73 Å². The summed E-state index contributed by atoms with van der Waals surface area (Å²) in [6, 6.07) is 4.91. The second-order valence-corrected chi connectivity index (χ2v) is 5.54. The highest BCUT2D eigenvalue weighted by atomic mass is 79.9. The predicted octanol–water partition coefficient (Wildman–Crippen LogP) is 5.06. The van der Waals surface area contributed by atoms with Gasteiger partial charge in [-0.15, -0.1) is 0 Å². The van der Waals surface area contributed by atoms with Crippen molar-refractivity contribution in [2.24, 2.45) is 0 Å². The molecule has 1 aromatic carbocycles. The first-order valence-electron chi connectivity index (χ1n) is 6.16.